The minimum Gasteiger partial charge on any atom is -0.491 e. The summed E-state index contributed by atoms with van der Waals surface area (Å²) in [6.45, 7) is 6.57. The first-order valence-electron chi connectivity index (χ1n) is 11.8. The maximum Gasteiger partial charge on any atom is 0.123 e. The molecule has 0 amide bonds. The first-order chi connectivity index (χ1) is 16.3. The average Bonchev–Trinajstić information content (AvgIpc) is 2.83. The molecule has 0 fully saturated rings. The van der Waals surface area contributed by atoms with Crippen LogP contribution in [0.5, 0.6) is 5.75 Å². The van der Waals surface area contributed by atoms with Gasteiger partial charge in [-0.3, -0.25) is 0 Å². The summed E-state index contributed by atoms with van der Waals surface area (Å²) in [5.41, 5.74) is 3.02. The van der Waals surface area contributed by atoms with Gasteiger partial charge >= 0.3 is 0 Å². The van der Waals surface area contributed by atoms with Crippen molar-refractivity contribution < 1.29 is 43.4 Å². The molecule has 0 spiro atoms. The predicted molar refractivity (Wildman–Crippen MR) is 122 cm³/mol. The zero-order valence-electron chi connectivity index (χ0n) is 19.6. The number of hydrogen-bond donors (Lipinski definition) is 2. The Hall–Kier alpha value is -1.30. The van der Waals surface area contributed by atoms with Crippen LogP contribution in [0, 0.1) is 0 Å². The number of rotatable bonds is 10. The van der Waals surface area contributed by atoms with Crippen molar-refractivity contribution in [3.05, 3.63) is 28.8 Å². The second kappa shape index (κ2) is 19.1. The fourth-order valence-electron chi connectivity index (χ4n) is 3.17. The van der Waals surface area contributed by atoms with Crippen LogP contribution in [-0.4, -0.2) is 96.1 Å². The van der Waals surface area contributed by atoms with Gasteiger partial charge in [-0.05, 0) is 48.1 Å². The molecule has 33 heavy (non-hydrogen) atoms. The minimum absolute atomic E-state index is 0.0977. The minimum atomic E-state index is 0.0977. The van der Waals surface area contributed by atoms with Gasteiger partial charge in [-0.2, -0.15) is 0 Å². The predicted octanol–water partition coefficient (Wildman–Crippen LogP) is 1.49. The number of fused-ring (bicyclic) bond motifs is 1. The third kappa shape index (κ3) is 12.7. The van der Waals surface area contributed by atoms with E-state index in [-0.39, 0.29) is 13.2 Å². The lowest BCUT2D eigenvalue weighted by molar-refractivity contribution is -0.00347. The lowest BCUT2D eigenvalue weighted by Crippen LogP contribution is -2.13. The van der Waals surface area contributed by atoms with E-state index in [0.717, 1.165) is 22.4 Å². The van der Waals surface area contributed by atoms with E-state index in [1.165, 1.54) is 0 Å². The van der Waals surface area contributed by atoms with E-state index in [1.54, 1.807) is 0 Å². The second-order valence-electron chi connectivity index (χ2n) is 7.54. The van der Waals surface area contributed by atoms with Crippen LogP contribution >= 0.6 is 0 Å². The van der Waals surface area contributed by atoms with E-state index in [1.807, 2.05) is 6.07 Å². The van der Waals surface area contributed by atoms with Gasteiger partial charge in [0.1, 0.15) is 12.4 Å². The monoisotopic (exact) mass is 472 g/mol. The molecule has 2 rings (SSSR count). The maximum absolute atomic E-state index is 9.00. The molecule has 0 atom stereocenters. The second-order valence-corrected chi connectivity index (χ2v) is 7.54. The van der Waals surface area contributed by atoms with E-state index in [9.17, 15) is 0 Å². The Morgan fingerprint density at radius 3 is 1.67 bits per heavy atom. The highest BCUT2D eigenvalue weighted by Crippen LogP contribution is 2.26. The first kappa shape index (κ1) is 27.9. The van der Waals surface area contributed by atoms with E-state index in [4.69, 9.17) is 43.4 Å². The van der Waals surface area contributed by atoms with Gasteiger partial charge in [0.2, 0.25) is 0 Å². The molecule has 9 heteroatoms. The fourth-order valence-corrected chi connectivity index (χ4v) is 3.17. The molecule has 1 aliphatic rings. The van der Waals surface area contributed by atoms with Crippen molar-refractivity contribution in [1.29, 1.82) is 0 Å². The van der Waals surface area contributed by atoms with Crippen molar-refractivity contribution in [3.8, 4) is 5.75 Å². The normalized spacial score (nSPS) is 17.2. The summed E-state index contributed by atoms with van der Waals surface area (Å²) in [6.07, 6.45) is 1.87. The van der Waals surface area contributed by atoms with Crippen molar-refractivity contribution in [3.63, 3.8) is 0 Å². The van der Waals surface area contributed by atoms with Gasteiger partial charge in [0, 0.05) is 26.4 Å². The highest BCUT2D eigenvalue weighted by Gasteiger charge is 2.13. The third-order valence-corrected chi connectivity index (χ3v) is 4.91. The topological polar surface area (TPSA) is 105 Å². The lowest BCUT2D eigenvalue weighted by Gasteiger charge is -2.18. The summed E-state index contributed by atoms with van der Waals surface area (Å²) in [5, 5.41) is 18.0. The van der Waals surface area contributed by atoms with Crippen LogP contribution in [0.2, 0.25) is 0 Å². The Kier molecular flexibility index (Phi) is 16.1. The van der Waals surface area contributed by atoms with Gasteiger partial charge in [-0.1, -0.05) is 0 Å². The molecule has 1 heterocycles. The molecule has 0 bridgehead atoms. The molecule has 0 aliphatic carbocycles. The maximum atomic E-state index is 9.00. The molecular formula is C24H40O9. The number of aliphatic hydroxyl groups is 2. The third-order valence-electron chi connectivity index (χ3n) is 4.91. The van der Waals surface area contributed by atoms with Gasteiger partial charge < -0.3 is 43.4 Å². The Labute approximate surface area is 196 Å². The average molecular weight is 473 g/mol. The van der Waals surface area contributed by atoms with Crippen LogP contribution in [-0.2, 0) is 48.1 Å². The van der Waals surface area contributed by atoms with Crippen LogP contribution in [0.4, 0.5) is 0 Å². The van der Waals surface area contributed by atoms with E-state index in [0.29, 0.717) is 105 Å². The quantitative estimate of drug-likeness (QED) is 0.490. The van der Waals surface area contributed by atoms with Crippen LogP contribution in [0.3, 0.4) is 0 Å². The summed E-state index contributed by atoms with van der Waals surface area (Å²) in [7, 11) is 0. The summed E-state index contributed by atoms with van der Waals surface area (Å²) in [5.74, 6) is 0.777. The number of hydrogen-bond acceptors (Lipinski definition) is 9. The molecular weight excluding hydrogens is 432 g/mol. The van der Waals surface area contributed by atoms with Gasteiger partial charge in [-0.25, -0.2) is 0 Å². The summed E-state index contributed by atoms with van der Waals surface area (Å²) < 4.78 is 39.8. The van der Waals surface area contributed by atoms with E-state index in [2.05, 4.69) is 6.07 Å². The molecule has 190 valence electrons. The molecule has 1 aliphatic heterocycles. The molecule has 2 N–H and O–H groups in total. The van der Waals surface area contributed by atoms with Gasteiger partial charge in [0.05, 0.1) is 66.1 Å². The van der Waals surface area contributed by atoms with Crippen molar-refractivity contribution in [2.24, 2.45) is 0 Å². The van der Waals surface area contributed by atoms with E-state index < -0.39 is 0 Å². The zero-order valence-corrected chi connectivity index (χ0v) is 19.6. The molecule has 0 saturated heterocycles. The SMILES string of the molecule is OCCCOCc1cc2c(cc1COCCCO)OCCOCCOCCOCCOCC2. The van der Waals surface area contributed by atoms with Crippen LogP contribution in [0.1, 0.15) is 29.5 Å². The number of aliphatic hydroxyl groups excluding tert-OH is 2. The van der Waals surface area contributed by atoms with Gasteiger partial charge in [0.25, 0.3) is 0 Å². The summed E-state index contributed by atoms with van der Waals surface area (Å²) in [4.78, 5) is 0. The Balaban J connectivity index is 2.09. The molecule has 1 aromatic carbocycles. The first-order valence-corrected chi connectivity index (χ1v) is 11.8. The summed E-state index contributed by atoms with van der Waals surface area (Å²) >= 11 is 0. The lowest BCUT2D eigenvalue weighted by atomic mass is 10.0. The Morgan fingerprint density at radius 1 is 0.636 bits per heavy atom. The van der Waals surface area contributed by atoms with Crippen molar-refractivity contribution in [1.82, 2.24) is 0 Å². The van der Waals surface area contributed by atoms with E-state index >= 15 is 0 Å². The smallest absolute Gasteiger partial charge is 0.123 e. The molecule has 0 saturated carbocycles. The van der Waals surface area contributed by atoms with Crippen molar-refractivity contribution in [2.45, 2.75) is 32.5 Å². The fraction of sp³-hybridized carbons (Fsp3) is 0.750. The Bertz CT molecular complexity index is 561. The van der Waals surface area contributed by atoms with Crippen LogP contribution in [0.15, 0.2) is 12.1 Å². The highest BCUT2D eigenvalue weighted by molar-refractivity contribution is 5.43. The van der Waals surface area contributed by atoms with Crippen molar-refractivity contribution >= 4 is 0 Å². The number of ether oxygens (including phenoxy) is 7. The molecule has 0 radical (unpaired) electrons. The van der Waals surface area contributed by atoms with Crippen LogP contribution in [0.25, 0.3) is 0 Å². The van der Waals surface area contributed by atoms with Crippen molar-refractivity contribution in [2.75, 3.05) is 85.9 Å². The molecule has 1 aromatic rings. The number of benzene rings is 1. The standard InChI is InChI=1S/C24H40O9/c25-4-1-6-31-19-22-17-21-3-8-27-9-10-28-11-12-29-13-14-30-15-16-33-24(21)18-23(22)20-32-7-2-5-26/h17-18,25-26H,1-16,19-20H2. The van der Waals surface area contributed by atoms with Crippen LogP contribution < -0.4 is 4.74 Å². The zero-order chi connectivity index (χ0) is 23.4. The highest BCUT2D eigenvalue weighted by atomic mass is 16.6. The molecule has 0 aromatic heterocycles. The molecule has 0 unspecified atom stereocenters. The van der Waals surface area contributed by atoms with Gasteiger partial charge in [0.15, 0.2) is 0 Å². The largest absolute Gasteiger partial charge is 0.491 e. The Morgan fingerprint density at radius 2 is 1.12 bits per heavy atom. The molecule has 9 nitrogen and oxygen atoms in total. The summed E-state index contributed by atoms with van der Waals surface area (Å²) in [6, 6.07) is 4.08. The van der Waals surface area contributed by atoms with Gasteiger partial charge in [-0.15, -0.1) is 0 Å².